The van der Waals surface area contributed by atoms with Crippen LogP contribution in [-0.2, 0) is 16.1 Å². The van der Waals surface area contributed by atoms with Crippen LogP contribution in [0.3, 0.4) is 0 Å². The van der Waals surface area contributed by atoms with E-state index in [4.69, 9.17) is 25.6 Å². The summed E-state index contributed by atoms with van der Waals surface area (Å²) < 4.78 is 16.9. The number of nitrogens with zero attached hydrogens (tertiary/aromatic N) is 4. The van der Waals surface area contributed by atoms with Gasteiger partial charge in [-0.2, -0.15) is 4.98 Å². The summed E-state index contributed by atoms with van der Waals surface area (Å²) >= 11 is 7.08. The van der Waals surface area contributed by atoms with Crippen molar-refractivity contribution in [1.82, 2.24) is 20.0 Å². The van der Waals surface area contributed by atoms with E-state index in [1.54, 1.807) is 11.1 Å². The minimum Gasteiger partial charge on any atom is -0.444 e. The SMILES string of the molecule is CC(C)(C)OC(=O)N1CCC(OCc2noc(-c3cnc(Cl)s3)n2)CC1. The summed E-state index contributed by atoms with van der Waals surface area (Å²) in [6.45, 7) is 7.06. The van der Waals surface area contributed by atoms with Crippen molar-refractivity contribution in [2.45, 2.75) is 51.9 Å². The average Bonchev–Trinajstić information content (AvgIpc) is 3.20. The zero-order valence-electron chi connectivity index (χ0n) is 14.9. The maximum absolute atomic E-state index is 12.1. The van der Waals surface area contributed by atoms with E-state index in [9.17, 15) is 4.79 Å². The van der Waals surface area contributed by atoms with Gasteiger partial charge < -0.3 is 18.9 Å². The van der Waals surface area contributed by atoms with Crippen LogP contribution < -0.4 is 0 Å². The van der Waals surface area contributed by atoms with E-state index in [0.29, 0.717) is 29.3 Å². The maximum Gasteiger partial charge on any atom is 0.410 e. The summed E-state index contributed by atoms with van der Waals surface area (Å²) in [5, 5.41) is 3.91. The molecule has 8 nitrogen and oxygen atoms in total. The second-order valence-corrected chi connectivity index (χ2v) is 8.58. The van der Waals surface area contributed by atoms with Crippen LogP contribution in [0.4, 0.5) is 4.79 Å². The molecule has 0 spiro atoms. The lowest BCUT2D eigenvalue weighted by Crippen LogP contribution is -2.43. The van der Waals surface area contributed by atoms with Gasteiger partial charge >= 0.3 is 6.09 Å². The van der Waals surface area contributed by atoms with Crippen molar-refractivity contribution >= 4 is 29.0 Å². The number of likely N-dealkylation sites (tertiary alicyclic amines) is 1. The van der Waals surface area contributed by atoms with Crippen molar-refractivity contribution in [3.05, 3.63) is 16.5 Å². The van der Waals surface area contributed by atoms with Gasteiger partial charge in [0.15, 0.2) is 10.3 Å². The number of ether oxygens (including phenoxy) is 2. The van der Waals surface area contributed by atoms with Crippen LogP contribution in [0.15, 0.2) is 10.7 Å². The van der Waals surface area contributed by atoms with Gasteiger partial charge in [0, 0.05) is 13.1 Å². The molecule has 0 aliphatic carbocycles. The highest BCUT2D eigenvalue weighted by Crippen LogP contribution is 2.27. The Bertz CT molecular complexity index is 750. The quantitative estimate of drug-likeness (QED) is 0.771. The molecule has 0 N–H and O–H groups in total. The van der Waals surface area contributed by atoms with Crippen LogP contribution in [0.5, 0.6) is 0 Å². The van der Waals surface area contributed by atoms with E-state index in [1.807, 2.05) is 20.8 Å². The molecule has 1 aliphatic rings. The standard InChI is InChI=1S/C16H21ClN4O4S/c1-16(2,3)24-15(22)21-6-4-10(5-7-21)23-9-12-19-13(25-20-12)11-8-18-14(17)26-11/h8,10H,4-7,9H2,1-3H3. The minimum atomic E-state index is -0.483. The third kappa shape index (κ3) is 5.15. The highest BCUT2D eigenvalue weighted by Gasteiger charge is 2.27. The van der Waals surface area contributed by atoms with Crippen molar-refractivity contribution in [1.29, 1.82) is 0 Å². The molecule has 0 saturated carbocycles. The molecule has 1 aliphatic heterocycles. The number of hydrogen-bond donors (Lipinski definition) is 0. The van der Waals surface area contributed by atoms with Gasteiger partial charge in [-0.25, -0.2) is 9.78 Å². The molecule has 3 heterocycles. The molecule has 0 aromatic carbocycles. The van der Waals surface area contributed by atoms with E-state index in [1.165, 1.54) is 11.3 Å². The average molecular weight is 401 g/mol. The van der Waals surface area contributed by atoms with Gasteiger partial charge in [-0.3, -0.25) is 0 Å². The van der Waals surface area contributed by atoms with Crippen molar-refractivity contribution in [3.8, 4) is 10.8 Å². The first-order chi connectivity index (χ1) is 12.3. The predicted molar refractivity (Wildman–Crippen MR) is 96.0 cm³/mol. The Labute approximate surface area is 160 Å². The summed E-state index contributed by atoms with van der Waals surface area (Å²) in [6.07, 6.45) is 2.86. The number of thiazole rings is 1. The Kier molecular flexibility index (Phi) is 5.79. The number of aromatic nitrogens is 3. The molecule has 2 aromatic rings. The number of piperidine rings is 1. The molecule has 3 rings (SSSR count). The molecule has 0 atom stereocenters. The van der Waals surface area contributed by atoms with Gasteiger partial charge in [-0.1, -0.05) is 28.1 Å². The van der Waals surface area contributed by atoms with E-state index >= 15 is 0 Å². The number of halogens is 1. The second kappa shape index (κ2) is 7.89. The first-order valence-corrected chi connectivity index (χ1v) is 9.53. The topological polar surface area (TPSA) is 90.6 Å². The molecule has 26 heavy (non-hydrogen) atoms. The Morgan fingerprint density at radius 3 is 2.77 bits per heavy atom. The molecule has 10 heteroatoms. The van der Waals surface area contributed by atoms with Crippen molar-refractivity contribution in [2.75, 3.05) is 13.1 Å². The molecular weight excluding hydrogens is 380 g/mol. The fourth-order valence-corrected chi connectivity index (χ4v) is 3.35. The zero-order chi connectivity index (χ0) is 18.7. The summed E-state index contributed by atoms with van der Waals surface area (Å²) in [4.78, 5) is 22.7. The van der Waals surface area contributed by atoms with Gasteiger partial charge in [0.1, 0.15) is 17.1 Å². The fraction of sp³-hybridized carbons (Fsp3) is 0.625. The van der Waals surface area contributed by atoms with Crippen molar-refractivity contribution < 1.29 is 18.8 Å². The monoisotopic (exact) mass is 400 g/mol. The molecular formula is C16H21ClN4O4S. The van der Waals surface area contributed by atoms with Crippen LogP contribution in [0.25, 0.3) is 10.8 Å². The minimum absolute atomic E-state index is 0.0495. The number of amides is 1. The largest absolute Gasteiger partial charge is 0.444 e. The molecule has 2 aromatic heterocycles. The summed E-state index contributed by atoms with van der Waals surface area (Å²) in [5.41, 5.74) is -0.483. The molecule has 0 bridgehead atoms. The number of carbonyl (C=O) groups excluding carboxylic acids is 1. The summed E-state index contributed by atoms with van der Waals surface area (Å²) in [5.74, 6) is 0.854. The van der Waals surface area contributed by atoms with Gasteiger partial charge in [0.25, 0.3) is 5.89 Å². The Morgan fingerprint density at radius 2 is 2.15 bits per heavy atom. The molecule has 1 saturated heterocycles. The van der Waals surface area contributed by atoms with Crippen LogP contribution in [0.1, 0.15) is 39.4 Å². The van der Waals surface area contributed by atoms with Crippen LogP contribution in [0.2, 0.25) is 4.47 Å². The normalized spacial score (nSPS) is 16.1. The lowest BCUT2D eigenvalue weighted by molar-refractivity contribution is -0.0190. The Morgan fingerprint density at radius 1 is 1.42 bits per heavy atom. The number of hydrogen-bond acceptors (Lipinski definition) is 8. The van der Waals surface area contributed by atoms with E-state index in [0.717, 1.165) is 17.7 Å². The van der Waals surface area contributed by atoms with E-state index in [-0.39, 0.29) is 18.8 Å². The van der Waals surface area contributed by atoms with Gasteiger partial charge in [-0.05, 0) is 33.6 Å². The lowest BCUT2D eigenvalue weighted by atomic mass is 10.1. The lowest BCUT2D eigenvalue weighted by Gasteiger charge is -2.33. The summed E-state index contributed by atoms with van der Waals surface area (Å²) in [7, 11) is 0. The smallest absolute Gasteiger partial charge is 0.410 e. The molecule has 0 unspecified atom stereocenters. The number of rotatable bonds is 4. The highest BCUT2D eigenvalue weighted by atomic mass is 35.5. The van der Waals surface area contributed by atoms with Crippen molar-refractivity contribution in [2.24, 2.45) is 0 Å². The molecule has 0 radical (unpaired) electrons. The Balaban J connectivity index is 1.44. The molecule has 1 amide bonds. The zero-order valence-corrected chi connectivity index (χ0v) is 16.5. The maximum atomic E-state index is 12.1. The Hall–Kier alpha value is -1.71. The first-order valence-electron chi connectivity index (χ1n) is 8.34. The van der Waals surface area contributed by atoms with E-state index < -0.39 is 5.60 Å². The number of carbonyl (C=O) groups is 1. The predicted octanol–water partition coefficient (Wildman–Crippen LogP) is 3.76. The first kappa shape index (κ1) is 19.1. The van der Waals surface area contributed by atoms with Crippen LogP contribution in [0, 0.1) is 0 Å². The third-order valence-corrected chi connectivity index (χ3v) is 4.80. The fourth-order valence-electron chi connectivity index (χ4n) is 2.49. The van der Waals surface area contributed by atoms with Crippen LogP contribution >= 0.6 is 22.9 Å². The second-order valence-electron chi connectivity index (χ2n) is 6.97. The van der Waals surface area contributed by atoms with Gasteiger partial charge in [-0.15, -0.1) is 0 Å². The summed E-state index contributed by atoms with van der Waals surface area (Å²) in [6, 6.07) is 0. The van der Waals surface area contributed by atoms with Crippen LogP contribution in [-0.4, -0.2) is 50.9 Å². The van der Waals surface area contributed by atoms with Gasteiger partial charge in [0.2, 0.25) is 0 Å². The highest BCUT2D eigenvalue weighted by molar-refractivity contribution is 7.18. The molecule has 1 fully saturated rings. The third-order valence-electron chi connectivity index (χ3n) is 3.70. The van der Waals surface area contributed by atoms with Gasteiger partial charge in [0.05, 0.1) is 12.3 Å². The molecule has 142 valence electrons. The van der Waals surface area contributed by atoms with E-state index in [2.05, 4.69) is 15.1 Å². The van der Waals surface area contributed by atoms with Crippen molar-refractivity contribution in [3.63, 3.8) is 0 Å².